The minimum Gasteiger partial charge on any atom is -0.493 e. The molecule has 0 atom stereocenters. The molecule has 0 saturated heterocycles. The van der Waals surface area contributed by atoms with Crippen molar-refractivity contribution in [1.29, 1.82) is 0 Å². The summed E-state index contributed by atoms with van der Waals surface area (Å²) >= 11 is 5.91. The first-order chi connectivity index (χ1) is 16.8. The van der Waals surface area contributed by atoms with E-state index in [1.165, 1.54) is 20.3 Å². The molecule has 0 N–H and O–H groups in total. The fourth-order valence-electron chi connectivity index (χ4n) is 3.77. The summed E-state index contributed by atoms with van der Waals surface area (Å²) in [6.07, 6.45) is 2.82. The Morgan fingerprint density at radius 2 is 1.66 bits per heavy atom. The fourth-order valence-corrected chi connectivity index (χ4v) is 3.89. The lowest BCUT2D eigenvalue weighted by molar-refractivity contribution is -0.129. The van der Waals surface area contributed by atoms with E-state index in [-0.39, 0.29) is 11.5 Å². The molecule has 0 unspecified atom stereocenters. The number of benzene rings is 3. The molecule has 35 heavy (non-hydrogen) atoms. The highest BCUT2D eigenvalue weighted by molar-refractivity contribution is 6.30. The van der Waals surface area contributed by atoms with Gasteiger partial charge in [0, 0.05) is 16.7 Å². The van der Waals surface area contributed by atoms with Crippen LogP contribution in [0.25, 0.3) is 28.4 Å². The lowest BCUT2D eigenvalue weighted by Gasteiger charge is -2.13. The van der Waals surface area contributed by atoms with Crippen LogP contribution in [0.2, 0.25) is 5.02 Å². The zero-order chi connectivity index (χ0) is 25.1. The quantitative estimate of drug-likeness (QED) is 0.231. The molecule has 0 aliphatic rings. The van der Waals surface area contributed by atoms with Crippen molar-refractivity contribution in [3.63, 3.8) is 0 Å². The zero-order valence-corrected chi connectivity index (χ0v) is 20.4. The molecule has 1 heterocycles. The van der Waals surface area contributed by atoms with E-state index in [0.29, 0.717) is 33.1 Å². The van der Waals surface area contributed by atoms with Gasteiger partial charge in [-0.1, -0.05) is 29.8 Å². The minimum absolute atomic E-state index is 0.114. The minimum atomic E-state index is -0.724. The molecular formula is C28H23ClO6. The maximum atomic E-state index is 13.5. The smallest absolute Gasteiger partial charge is 0.336 e. The Bertz CT molecular complexity index is 1500. The number of aryl methyl sites for hydroxylation is 2. The van der Waals surface area contributed by atoms with Crippen LogP contribution in [0.5, 0.6) is 17.2 Å². The van der Waals surface area contributed by atoms with E-state index in [2.05, 4.69) is 0 Å². The summed E-state index contributed by atoms with van der Waals surface area (Å²) in [5, 5.41) is 0.917. The number of esters is 1. The average molecular weight is 491 g/mol. The Balaban J connectivity index is 1.84. The summed E-state index contributed by atoms with van der Waals surface area (Å²) in [7, 11) is 3.03. The standard InChI is InChI=1S/C28H23ClO6/c1-16-13-17(2)26-21(14-16)25(31)28(34-24(30)12-7-18-5-9-20(29)10-6-18)27(35-26)19-8-11-22(32-3)23(15-19)33-4/h5-15H,1-4H3/b12-7+. The van der Waals surface area contributed by atoms with E-state index in [1.54, 1.807) is 54.6 Å². The van der Waals surface area contributed by atoms with Gasteiger partial charge in [0.25, 0.3) is 0 Å². The number of fused-ring (bicyclic) bond motifs is 1. The van der Waals surface area contributed by atoms with Gasteiger partial charge in [-0.25, -0.2) is 4.79 Å². The lowest BCUT2D eigenvalue weighted by Crippen LogP contribution is -2.14. The number of carbonyl (C=O) groups is 1. The maximum Gasteiger partial charge on any atom is 0.336 e. The van der Waals surface area contributed by atoms with Gasteiger partial charge < -0.3 is 18.6 Å². The van der Waals surface area contributed by atoms with Crippen LogP contribution >= 0.6 is 11.6 Å². The van der Waals surface area contributed by atoms with Gasteiger partial charge in [0.2, 0.25) is 11.2 Å². The second-order valence-electron chi connectivity index (χ2n) is 7.92. The first kappa shape index (κ1) is 24.1. The van der Waals surface area contributed by atoms with Crippen LogP contribution in [0.3, 0.4) is 0 Å². The molecule has 0 radical (unpaired) electrons. The van der Waals surface area contributed by atoms with Crippen LogP contribution in [0, 0.1) is 13.8 Å². The number of hydrogen-bond donors (Lipinski definition) is 0. The van der Waals surface area contributed by atoms with Crippen molar-refractivity contribution in [3.05, 3.63) is 92.6 Å². The second kappa shape index (κ2) is 10.1. The number of carbonyl (C=O) groups excluding carboxylic acids is 1. The second-order valence-corrected chi connectivity index (χ2v) is 8.36. The third-order valence-electron chi connectivity index (χ3n) is 5.41. The van der Waals surface area contributed by atoms with Gasteiger partial charge in [-0.05, 0) is 73.0 Å². The Labute approximate surface area is 207 Å². The molecule has 0 fully saturated rings. The van der Waals surface area contributed by atoms with E-state index in [4.69, 9.17) is 30.2 Å². The molecular weight excluding hydrogens is 468 g/mol. The molecule has 178 valence electrons. The fraction of sp³-hybridized carbons (Fsp3) is 0.143. The summed E-state index contributed by atoms with van der Waals surface area (Å²) in [6, 6.07) is 15.6. The summed E-state index contributed by atoms with van der Waals surface area (Å²) in [5.74, 6) is 0.130. The highest BCUT2D eigenvalue weighted by Crippen LogP contribution is 2.37. The van der Waals surface area contributed by atoms with Crippen LogP contribution in [-0.2, 0) is 4.79 Å². The molecule has 0 amide bonds. The predicted molar refractivity (Wildman–Crippen MR) is 137 cm³/mol. The zero-order valence-electron chi connectivity index (χ0n) is 19.7. The Morgan fingerprint density at radius 3 is 2.34 bits per heavy atom. The SMILES string of the molecule is COc1ccc(-c2oc3c(C)cc(C)cc3c(=O)c2OC(=O)/C=C/c2ccc(Cl)cc2)cc1OC. The lowest BCUT2D eigenvalue weighted by atomic mass is 10.0. The van der Waals surface area contributed by atoms with Crippen LogP contribution in [0.15, 0.2) is 69.9 Å². The highest BCUT2D eigenvalue weighted by atomic mass is 35.5. The monoisotopic (exact) mass is 490 g/mol. The van der Waals surface area contributed by atoms with E-state index in [1.807, 2.05) is 19.9 Å². The van der Waals surface area contributed by atoms with E-state index in [9.17, 15) is 9.59 Å². The Morgan fingerprint density at radius 1 is 0.943 bits per heavy atom. The van der Waals surface area contributed by atoms with E-state index in [0.717, 1.165) is 16.7 Å². The van der Waals surface area contributed by atoms with Gasteiger partial charge in [0.15, 0.2) is 17.3 Å². The van der Waals surface area contributed by atoms with Crippen molar-refractivity contribution in [2.75, 3.05) is 14.2 Å². The van der Waals surface area contributed by atoms with Gasteiger partial charge >= 0.3 is 5.97 Å². The largest absolute Gasteiger partial charge is 0.493 e. The number of rotatable bonds is 6. The van der Waals surface area contributed by atoms with Crippen LogP contribution in [-0.4, -0.2) is 20.2 Å². The van der Waals surface area contributed by atoms with Gasteiger partial charge in [-0.3, -0.25) is 4.79 Å². The molecule has 3 aromatic carbocycles. The summed E-state index contributed by atoms with van der Waals surface area (Å²) in [5.41, 5.74) is 2.90. The first-order valence-corrected chi connectivity index (χ1v) is 11.1. The van der Waals surface area contributed by atoms with Crippen molar-refractivity contribution in [2.45, 2.75) is 13.8 Å². The van der Waals surface area contributed by atoms with Crippen molar-refractivity contribution in [3.8, 4) is 28.6 Å². The predicted octanol–water partition coefficient (Wildman–Crippen LogP) is 6.37. The number of ether oxygens (including phenoxy) is 3. The van der Waals surface area contributed by atoms with Gasteiger partial charge in [0.1, 0.15) is 5.58 Å². The van der Waals surface area contributed by atoms with Crippen LogP contribution in [0.4, 0.5) is 0 Å². The van der Waals surface area contributed by atoms with Crippen molar-refractivity contribution >= 4 is 34.6 Å². The van der Waals surface area contributed by atoms with Gasteiger partial charge in [-0.15, -0.1) is 0 Å². The van der Waals surface area contributed by atoms with Gasteiger partial charge in [-0.2, -0.15) is 0 Å². The Kier molecular flexibility index (Phi) is 6.94. The molecule has 0 spiro atoms. The van der Waals surface area contributed by atoms with Crippen molar-refractivity contribution in [1.82, 2.24) is 0 Å². The molecule has 7 heteroatoms. The summed E-state index contributed by atoms with van der Waals surface area (Å²) in [6.45, 7) is 3.74. The molecule has 6 nitrogen and oxygen atoms in total. The summed E-state index contributed by atoms with van der Waals surface area (Å²) < 4.78 is 22.5. The third-order valence-corrected chi connectivity index (χ3v) is 5.66. The molecule has 0 bridgehead atoms. The van der Waals surface area contributed by atoms with E-state index >= 15 is 0 Å². The van der Waals surface area contributed by atoms with Crippen molar-refractivity contribution < 1.29 is 23.4 Å². The maximum absolute atomic E-state index is 13.5. The molecule has 0 aliphatic carbocycles. The molecule has 4 rings (SSSR count). The highest BCUT2D eigenvalue weighted by Gasteiger charge is 2.22. The normalized spacial score (nSPS) is 11.1. The molecule has 0 aliphatic heterocycles. The molecule has 4 aromatic rings. The van der Waals surface area contributed by atoms with Crippen molar-refractivity contribution in [2.24, 2.45) is 0 Å². The Hall–Kier alpha value is -4.03. The molecule has 1 aromatic heterocycles. The number of hydrogen-bond acceptors (Lipinski definition) is 6. The average Bonchev–Trinajstić information content (AvgIpc) is 2.85. The van der Waals surface area contributed by atoms with Crippen LogP contribution < -0.4 is 19.6 Å². The topological polar surface area (TPSA) is 75.0 Å². The number of halogens is 1. The summed E-state index contributed by atoms with van der Waals surface area (Å²) in [4.78, 5) is 26.2. The van der Waals surface area contributed by atoms with Gasteiger partial charge in [0.05, 0.1) is 19.6 Å². The molecule has 0 saturated carbocycles. The third kappa shape index (κ3) is 5.08. The number of methoxy groups -OCH3 is 2. The van der Waals surface area contributed by atoms with E-state index < -0.39 is 11.4 Å². The first-order valence-electron chi connectivity index (χ1n) is 10.8. The van der Waals surface area contributed by atoms with Crippen LogP contribution in [0.1, 0.15) is 16.7 Å².